The first-order chi connectivity index (χ1) is 7.68. The Kier molecular flexibility index (Phi) is 3.56. The molecule has 0 saturated carbocycles. The van der Waals surface area contributed by atoms with Crippen LogP contribution in [0.5, 0.6) is 0 Å². The smallest absolute Gasteiger partial charge is 0.246 e. The molecule has 0 radical (unpaired) electrons. The van der Waals surface area contributed by atoms with Crippen molar-refractivity contribution < 1.29 is 9.59 Å². The molecule has 0 aromatic carbocycles. The Labute approximate surface area is 95.6 Å². The Bertz CT molecular complexity index is 287. The number of nitrogens with one attached hydrogen (secondary N) is 2. The summed E-state index contributed by atoms with van der Waals surface area (Å²) in [6.07, 6.45) is 3.36. The second-order valence-electron chi connectivity index (χ2n) is 4.59. The summed E-state index contributed by atoms with van der Waals surface area (Å²) in [5.74, 6) is -0.147. The Morgan fingerprint density at radius 2 is 2.19 bits per heavy atom. The van der Waals surface area contributed by atoms with Crippen LogP contribution in [0.3, 0.4) is 0 Å². The molecular formula is C11H19N3O2. The van der Waals surface area contributed by atoms with Gasteiger partial charge in [-0.1, -0.05) is 0 Å². The van der Waals surface area contributed by atoms with Crippen molar-refractivity contribution in [2.75, 3.05) is 20.1 Å². The molecule has 2 unspecified atom stereocenters. The lowest BCUT2D eigenvalue weighted by Crippen LogP contribution is -2.56. The average molecular weight is 225 g/mol. The molecule has 2 heterocycles. The molecule has 2 amide bonds. The van der Waals surface area contributed by atoms with Gasteiger partial charge in [-0.2, -0.15) is 0 Å². The van der Waals surface area contributed by atoms with Gasteiger partial charge in [0, 0.05) is 26.1 Å². The third kappa shape index (κ3) is 2.41. The molecule has 0 aliphatic carbocycles. The van der Waals surface area contributed by atoms with E-state index < -0.39 is 0 Å². The van der Waals surface area contributed by atoms with E-state index in [-0.39, 0.29) is 17.9 Å². The summed E-state index contributed by atoms with van der Waals surface area (Å²) < 4.78 is 0. The van der Waals surface area contributed by atoms with E-state index in [0.717, 1.165) is 25.9 Å². The van der Waals surface area contributed by atoms with Crippen LogP contribution in [0.2, 0.25) is 0 Å². The normalized spacial score (nSPS) is 31.9. The largest absolute Gasteiger partial charge is 0.315 e. The van der Waals surface area contributed by atoms with Crippen LogP contribution in [-0.2, 0) is 9.59 Å². The lowest BCUT2D eigenvalue weighted by Gasteiger charge is -2.33. The van der Waals surface area contributed by atoms with Gasteiger partial charge in [-0.25, -0.2) is 0 Å². The molecule has 0 spiro atoms. The van der Waals surface area contributed by atoms with Gasteiger partial charge in [0.2, 0.25) is 11.8 Å². The predicted octanol–water partition coefficient (Wildman–Crippen LogP) is -0.525. The molecule has 0 bridgehead atoms. The summed E-state index contributed by atoms with van der Waals surface area (Å²) in [7, 11) is 1.57. The highest BCUT2D eigenvalue weighted by molar-refractivity contribution is 6.00. The Morgan fingerprint density at radius 3 is 2.88 bits per heavy atom. The number of imide groups is 1. The van der Waals surface area contributed by atoms with Crippen molar-refractivity contribution in [3.63, 3.8) is 0 Å². The van der Waals surface area contributed by atoms with Crippen LogP contribution in [0.15, 0.2) is 0 Å². The summed E-state index contributed by atoms with van der Waals surface area (Å²) in [6.45, 7) is 1.98. The number of hydrogen-bond acceptors (Lipinski definition) is 4. The molecule has 2 rings (SSSR count). The Hall–Kier alpha value is -0.940. The number of carbonyl (C=O) groups is 2. The number of piperidine rings is 2. The Morgan fingerprint density at radius 1 is 1.38 bits per heavy atom. The summed E-state index contributed by atoms with van der Waals surface area (Å²) in [6, 6.07) is 0.192. The molecule has 2 aliphatic rings. The van der Waals surface area contributed by atoms with Gasteiger partial charge in [0.1, 0.15) is 0 Å². The maximum absolute atomic E-state index is 11.8. The van der Waals surface area contributed by atoms with Crippen molar-refractivity contribution in [1.29, 1.82) is 0 Å². The highest BCUT2D eigenvalue weighted by Gasteiger charge is 2.32. The van der Waals surface area contributed by atoms with Gasteiger partial charge in [0.15, 0.2) is 0 Å². The molecule has 2 aliphatic heterocycles. The van der Waals surface area contributed by atoms with E-state index in [1.807, 2.05) is 0 Å². The monoisotopic (exact) mass is 225 g/mol. The minimum atomic E-state index is -0.174. The van der Waals surface area contributed by atoms with Gasteiger partial charge in [0.05, 0.1) is 6.04 Å². The van der Waals surface area contributed by atoms with Crippen molar-refractivity contribution in [3.8, 4) is 0 Å². The molecule has 0 aromatic rings. The zero-order valence-electron chi connectivity index (χ0n) is 9.66. The summed E-state index contributed by atoms with van der Waals surface area (Å²) >= 11 is 0. The quantitative estimate of drug-likeness (QED) is 0.621. The van der Waals surface area contributed by atoms with Crippen molar-refractivity contribution in [3.05, 3.63) is 0 Å². The van der Waals surface area contributed by atoms with Crippen molar-refractivity contribution in [1.82, 2.24) is 15.5 Å². The van der Waals surface area contributed by atoms with Crippen LogP contribution in [0, 0.1) is 0 Å². The summed E-state index contributed by atoms with van der Waals surface area (Å²) in [5, 5.41) is 6.66. The van der Waals surface area contributed by atoms with Crippen LogP contribution >= 0.6 is 0 Å². The van der Waals surface area contributed by atoms with Gasteiger partial charge in [-0.05, 0) is 25.8 Å². The van der Waals surface area contributed by atoms with Gasteiger partial charge < -0.3 is 10.6 Å². The Balaban J connectivity index is 1.89. The van der Waals surface area contributed by atoms with Gasteiger partial charge in [0.25, 0.3) is 0 Å². The summed E-state index contributed by atoms with van der Waals surface area (Å²) in [4.78, 5) is 24.4. The molecule has 0 aromatic heterocycles. The van der Waals surface area contributed by atoms with E-state index >= 15 is 0 Å². The number of rotatable bonds is 2. The van der Waals surface area contributed by atoms with Crippen molar-refractivity contribution in [2.45, 2.75) is 37.8 Å². The molecular weight excluding hydrogens is 206 g/mol. The SMILES string of the molecule is CN1C(=O)CCC(NC2CCCNC2)C1=O. The van der Waals surface area contributed by atoms with Crippen LogP contribution < -0.4 is 10.6 Å². The number of carbonyl (C=O) groups excluding carboxylic acids is 2. The molecule has 16 heavy (non-hydrogen) atoms. The number of amides is 2. The first kappa shape index (κ1) is 11.5. The zero-order valence-corrected chi connectivity index (χ0v) is 9.66. The van der Waals surface area contributed by atoms with Gasteiger partial charge in [-0.15, -0.1) is 0 Å². The molecule has 5 heteroatoms. The van der Waals surface area contributed by atoms with E-state index in [1.165, 1.54) is 4.90 Å². The molecule has 90 valence electrons. The average Bonchev–Trinajstić information content (AvgIpc) is 2.31. The van der Waals surface area contributed by atoms with E-state index in [9.17, 15) is 9.59 Å². The predicted molar refractivity (Wildman–Crippen MR) is 59.8 cm³/mol. The number of likely N-dealkylation sites (N-methyl/N-ethyl adjacent to an activating group) is 1. The fourth-order valence-electron chi connectivity index (χ4n) is 2.35. The minimum Gasteiger partial charge on any atom is -0.315 e. The summed E-state index contributed by atoms with van der Waals surface area (Å²) in [5.41, 5.74) is 0. The van der Waals surface area contributed by atoms with Crippen LogP contribution in [-0.4, -0.2) is 48.9 Å². The molecule has 5 nitrogen and oxygen atoms in total. The maximum atomic E-state index is 11.8. The molecule has 2 fully saturated rings. The van der Waals surface area contributed by atoms with E-state index in [1.54, 1.807) is 7.05 Å². The van der Waals surface area contributed by atoms with Gasteiger partial charge in [-0.3, -0.25) is 14.5 Å². The number of hydrogen-bond donors (Lipinski definition) is 2. The highest BCUT2D eigenvalue weighted by atomic mass is 16.2. The standard InChI is InChI=1S/C11H19N3O2/c1-14-10(15)5-4-9(11(14)16)13-8-3-2-6-12-7-8/h8-9,12-13H,2-7H2,1H3. The topological polar surface area (TPSA) is 61.4 Å². The first-order valence-corrected chi connectivity index (χ1v) is 5.95. The lowest BCUT2D eigenvalue weighted by molar-refractivity contribution is -0.148. The third-order valence-corrected chi connectivity index (χ3v) is 3.38. The molecule has 2 saturated heterocycles. The maximum Gasteiger partial charge on any atom is 0.246 e. The zero-order chi connectivity index (χ0) is 11.5. The fourth-order valence-corrected chi connectivity index (χ4v) is 2.35. The second kappa shape index (κ2) is 4.93. The number of nitrogens with zero attached hydrogens (tertiary/aromatic N) is 1. The van der Waals surface area contributed by atoms with E-state index in [0.29, 0.717) is 18.9 Å². The van der Waals surface area contributed by atoms with Crippen molar-refractivity contribution >= 4 is 11.8 Å². The van der Waals surface area contributed by atoms with Crippen LogP contribution in [0.25, 0.3) is 0 Å². The van der Waals surface area contributed by atoms with Crippen LogP contribution in [0.4, 0.5) is 0 Å². The molecule has 2 N–H and O–H groups in total. The number of likely N-dealkylation sites (tertiary alicyclic amines) is 1. The molecule has 2 atom stereocenters. The van der Waals surface area contributed by atoms with E-state index in [2.05, 4.69) is 10.6 Å². The second-order valence-corrected chi connectivity index (χ2v) is 4.59. The minimum absolute atomic E-state index is 0.0650. The highest BCUT2D eigenvalue weighted by Crippen LogP contribution is 2.13. The van der Waals surface area contributed by atoms with Gasteiger partial charge >= 0.3 is 0 Å². The first-order valence-electron chi connectivity index (χ1n) is 5.95. The van der Waals surface area contributed by atoms with E-state index in [4.69, 9.17) is 0 Å². The fraction of sp³-hybridized carbons (Fsp3) is 0.818. The third-order valence-electron chi connectivity index (χ3n) is 3.38. The van der Waals surface area contributed by atoms with Crippen molar-refractivity contribution in [2.24, 2.45) is 0 Å². The van der Waals surface area contributed by atoms with Crippen LogP contribution in [0.1, 0.15) is 25.7 Å². The lowest BCUT2D eigenvalue weighted by atomic mass is 10.0.